The minimum Gasteiger partial charge on any atom is -0.379 e. The lowest BCUT2D eigenvalue weighted by Crippen LogP contribution is -2.04. The summed E-state index contributed by atoms with van der Waals surface area (Å²) in [6.07, 6.45) is 0. The lowest BCUT2D eigenvalue weighted by molar-refractivity contribution is 0.625. The fraction of sp³-hybridized carbons (Fsp3) is 0.125. The number of halogens is 2. The molecule has 0 saturated heterocycles. The molecule has 0 aliphatic heterocycles. The van der Waals surface area contributed by atoms with Gasteiger partial charge in [0, 0.05) is 26.3 Å². The van der Waals surface area contributed by atoms with Crippen LogP contribution in [0, 0.1) is 16.6 Å². The van der Waals surface area contributed by atoms with Gasteiger partial charge in [-0.15, -0.1) is 0 Å². The van der Waals surface area contributed by atoms with Crippen molar-refractivity contribution in [3.05, 3.63) is 58.4 Å². The predicted octanol–water partition coefficient (Wildman–Crippen LogP) is 4.88. The van der Waals surface area contributed by atoms with Crippen LogP contribution in [0.2, 0.25) is 5.02 Å². The van der Waals surface area contributed by atoms with Gasteiger partial charge in [0.15, 0.2) is 10.3 Å². The van der Waals surface area contributed by atoms with Gasteiger partial charge in [-0.3, -0.25) is 10.8 Å². The molecule has 6 N–H and O–H groups in total. The second-order valence-corrected chi connectivity index (χ2v) is 8.47. The molecule has 25 heavy (non-hydrogen) atoms. The molecule has 4 nitrogen and oxygen atoms in total. The molecule has 0 aliphatic rings. The van der Waals surface area contributed by atoms with Crippen LogP contribution in [0.25, 0.3) is 0 Å². The third kappa shape index (κ3) is 6.47. The maximum Gasteiger partial charge on any atom is 0.151 e. The highest BCUT2D eigenvalue weighted by atomic mass is 35.5. The van der Waals surface area contributed by atoms with Crippen LogP contribution in [0.5, 0.6) is 0 Å². The average molecular weight is 415 g/mol. The number of rotatable bonds is 6. The fourth-order valence-electron chi connectivity index (χ4n) is 1.93. The van der Waals surface area contributed by atoms with Gasteiger partial charge in [-0.05, 0) is 41.5 Å². The van der Waals surface area contributed by atoms with Crippen molar-refractivity contribution >= 4 is 57.2 Å². The molecule has 0 saturated carbocycles. The van der Waals surface area contributed by atoms with Crippen molar-refractivity contribution < 1.29 is 4.39 Å². The fourth-order valence-corrected chi connectivity index (χ4v) is 4.56. The van der Waals surface area contributed by atoms with Crippen molar-refractivity contribution in [3.8, 4) is 0 Å². The summed E-state index contributed by atoms with van der Waals surface area (Å²) in [7, 11) is 0. The molecule has 0 fully saturated rings. The van der Waals surface area contributed by atoms with Crippen LogP contribution in [0.15, 0.2) is 46.2 Å². The SMILES string of the molecule is N=C(N)SCc1cc(F)ccc1Sc1cc(Cl)ccc1CSC(=N)N. The normalized spacial score (nSPS) is 10.6. The zero-order valence-corrected chi connectivity index (χ0v) is 16.2. The minimum atomic E-state index is -0.332. The van der Waals surface area contributed by atoms with Gasteiger partial charge >= 0.3 is 0 Å². The summed E-state index contributed by atoms with van der Waals surface area (Å²) < 4.78 is 13.6. The summed E-state index contributed by atoms with van der Waals surface area (Å²) in [5.41, 5.74) is 12.6. The molecular weight excluding hydrogens is 399 g/mol. The molecule has 2 rings (SSSR count). The molecular formula is C16H16ClFN4S3. The predicted molar refractivity (Wildman–Crippen MR) is 108 cm³/mol. The molecule has 0 spiro atoms. The van der Waals surface area contributed by atoms with E-state index < -0.39 is 0 Å². The third-order valence-corrected chi connectivity index (χ3v) is 6.02. The van der Waals surface area contributed by atoms with Gasteiger partial charge in [0.2, 0.25) is 0 Å². The Morgan fingerprint density at radius 3 is 2.20 bits per heavy atom. The lowest BCUT2D eigenvalue weighted by Gasteiger charge is -2.13. The van der Waals surface area contributed by atoms with Crippen LogP contribution in [0.1, 0.15) is 11.1 Å². The number of amidine groups is 2. The Hall–Kier alpha value is -1.35. The van der Waals surface area contributed by atoms with Crippen LogP contribution < -0.4 is 11.5 Å². The molecule has 0 atom stereocenters. The van der Waals surface area contributed by atoms with E-state index in [1.54, 1.807) is 12.1 Å². The van der Waals surface area contributed by atoms with Crippen LogP contribution in [-0.2, 0) is 11.5 Å². The number of hydrogen-bond donors (Lipinski definition) is 4. The maximum atomic E-state index is 13.6. The van der Waals surface area contributed by atoms with E-state index in [1.165, 1.54) is 35.7 Å². The topological polar surface area (TPSA) is 99.7 Å². The third-order valence-electron chi connectivity index (χ3n) is 3.04. The number of nitrogens with one attached hydrogen (secondary N) is 2. The zero-order chi connectivity index (χ0) is 18.4. The van der Waals surface area contributed by atoms with Gasteiger partial charge in [-0.2, -0.15) is 0 Å². The van der Waals surface area contributed by atoms with Crippen molar-refractivity contribution in [3.63, 3.8) is 0 Å². The molecule has 0 aliphatic carbocycles. The summed E-state index contributed by atoms with van der Waals surface area (Å²) >= 11 is 9.96. The summed E-state index contributed by atoms with van der Waals surface area (Å²) in [5.74, 6) is 0.628. The quantitative estimate of drug-likeness (QED) is 0.398. The Kier molecular flexibility index (Phi) is 7.49. The van der Waals surface area contributed by atoms with Crippen molar-refractivity contribution in [1.82, 2.24) is 0 Å². The van der Waals surface area contributed by atoms with Crippen LogP contribution >= 0.6 is 46.9 Å². The number of thioether (sulfide) groups is 2. The molecule has 2 aromatic rings. The first-order valence-corrected chi connectivity index (χ1v) is 10.2. The highest BCUT2D eigenvalue weighted by Crippen LogP contribution is 2.37. The Morgan fingerprint density at radius 1 is 0.920 bits per heavy atom. The molecule has 2 aromatic carbocycles. The second-order valence-electron chi connectivity index (χ2n) is 4.91. The van der Waals surface area contributed by atoms with Crippen LogP contribution in [-0.4, -0.2) is 10.3 Å². The summed E-state index contributed by atoms with van der Waals surface area (Å²) in [6.45, 7) is 0. The molecule has 0 amide bonds. The van der Waals surface area contributed by atoms with Crippen molar-refractivity contribution in [2.45, 2.75) is 21.3 Å². The van der Waals surface area contributed by atoms with Crippen molar-refractivity contribution in [2.24, 2.45) is 11.5 Å². The minimum absolute atomic E-state index is 0.0125. The van der Waals surface area contributed by atoms with Gasteiger partial charge in [0.05, 0.1) is 0 Å². The summed E-state index contributed by atoms with van der Waals surface area (Å²) in [4.78, 5) is 1.79. The highest BCUT2D eigenvalue weighted by molar-refractivity contribution is 8.13. The van der Waals surface area contributed by atoms with Crippen LogP contribution in [0.4, 0.5) is 4.39 Å². The maximum absolute atomic E-state index is 13.6. The highest BCUT2D eigenvalue weighted by Gasteiger charge is 2.11. The van der Waals surface area contributed by atoms with Gasteiger partial charge in [0.1, 0.15) is 5.82 Å². The van der Waals surface area contributed by atoms with Crippen molar-refractivity contribution in [1.29, 1.82) is 10.8 Å². The number of hydrogen-bond acceptors (Lipinski definition) is 5. The summed E-state index contributed by atoms with van der Waals surface area (Å²) in [6, 6.07) is 10.1. The molecule has 9 heteroatoms. The number of nitrogens with two attached hydrogens (primary N) is 2. The van der Waals surface area contributed by atoms with Gasteiger partial charge in [-0.25, -0.2) is 4.39 Å². The molecule has 0 unspecified atom stereocenters. The van der Waals surface area contributed by atoms with E-state index in [0.717, 1.165) is 32.7 Å². The molecule has 0 heterocycles. The van der Waals surface area contributed by atoms with Gasteiger partial charge in [-0.1, -0.05) is 53.0 Å². The first-order valence-electron chi connectivity index (χ1n) is 7.03. The van der Waals surface area contributed by atoms with Crippen molar-refractivity contribution in [2.75, 3.05) is 0 Å². The van der Waals surface area contributed by atoms with Gasteiger partial charge in [0.25, 0.3) is 0 Å². The van der Waals surface area contributed by atoms with E-state index in [1.807, 2.05) is 12.1 Å². The molecule has 0 radical (unpaired) electrons. The van der Waals surface area contributed by atoms with E-state index >= 15 is 0 Å². The lowest BCUT2D eigenvalue weighted by atomic mass is 10.2. The number of benzene rings is 2. The monoisotopic (exact) mass is 414 g/mol. The first-order chi connectivity index (χ1) is 11.8. The van der Waals surface area contributed by atoms with E-state index in [9.17, 15) is 4.39 Å². The Bertz CT molecular complexity index is 801. The molecule has 0 bridgehead atoms. The summed E-state index contributed by atoms with van der Waals surface area (Å²) in [5, 5.41) is 15.3. The Labute approximate surface area is 163 Å². The zero-order valence-electron chi connectivity index (χ0n) is 13.0. The van der Waals surface area contributed by atoms with Gasteiger partial charge < -0.3 is 11.5 Å². The Morgan fingerprint density at radius 2 is 1.56 bits per heavy atom. The smallest absolute Gasteiger partial charge is 0.151 e. The Balaban J connectivity index is 2.30. The van der Waals surface area contributed by atoms with Crippen LogP contribution in [0.3, 0.4) is 0 Å². The standard InChI is InChI=1S/C16H16ClFN4S3/c17-11-2-1-9(7-23-15(19)20)14(6-11)25-13-4-3-12(18)5-10(13)8-24-16(21)22/h1-6H,7-8H2,(H3,19,20)(H3,21,22). The first kappa shape index (κ1) is 20.0. The molecule has 132 valence electrons. The second kappa shape index (κ2) is 9.38. The van der Waals surface area contributed by atoms with E-state index in [4.69, 9.17) is 33.9 Å². The molecule has 0 aromatic heterocycles. The van der Waals surface area contributed by atoms with E-state index in [-0.39, 0.29) is 16.2 Å². The largest absolute Gasteiger partial charge is 0.379 e. The van der Waals surface area contributed by atoms with E-state index in [0.29, 0.717) is 16.5 Å². The average Bonchev–Trinajstić information content (AvgIpc) is 2.54. The van der Waals surface area contributed by atoms with E-state index in [2.05, 4.69) is 0 Å².